The summed E-state index contributed by atoms with van der Waals surface area (Å²) in [5, 5.41) is 11.8. The minimum Gasteiger partial charge on any atom is -0.478 e. The van der Waals surface area contributed by atoms with Crippen LogP contribution in [0.25, 0.3) is 0 Å². The minimum atomic E-state index is -0.996. The molecule has 2 N–H and O–H groups in total. The number of fused-ring (bicyclic) bond motifs is 1. The first kappa shape index (κ1) is 15.9. The number of carbonyl (C=O) groups excluding carboxylic acids is 2. The standard InChI is InChI=1S/C16H18N2O4S/c1-16-6-5-13(19)18(16)12(9-23-16)14(20)17-8-10-3-2-4-11(7-10)15(21)22/h2-4,7,12H,5-6,8-9H2,1H3,(H,17,20)(H,21,22)/t12-,16-/m0/s1. The maximum Gasteiger partial charge on any atom is 0.335 e. The highest BCUT2D eigenvalue weighted by Crippen LogP contribution is 2.47. The highest BCUT2D eigenvalue weighted by Gasteiger charge is 2.52. The fraction of sp³-hybridized carbons (Fsp3) is 0.438. The maximum atomic E-state index is 12.4. The Hall–Kier alpha value is -2.02. The molecule has 0 aromatic heterocycles. The third kappa shape index (κ3) is 2.93. The fourth-order valence-electron chi connectivity index (χ4n) is 3.14. The highest BCUT2D eigenvalue weighted by atomic mass is 32.2. The number of benzene rings is 1. The molecule has 23 heavy (non-hydrogen) atoms. The van der Waals surface area contributed by atoms with Gasteiger partial charge < -0.3 is 15.3 Å². The number of nitrogens with one attached hydrogen (secondary N) is 1. The molecule has 2 aliphatic heterocycles. The summed E-state index contributed by atoms with van der Waals surface area (Å²) in [6, 6.07) is 6.02. The Morgan fingerprint density at radius 3 is 3.00 bits per heavy atom. The van der Waals surface area contributed by atoms with Crippen molar-refractivity contribution in [3.8, 4) is 0 Å². The third-order valence-electron chi connectivity index (χ3n) is 4.39. The van der Waals surface area contributed by atoms with Crippen molar-refractivity contribution in [3.05, 3.63) is 35.4 Å². The van der Waals surface area contributed by atoms with E-state index in [9.17, 15) is 14.4 Å². The Morgan fingerprint density at radius 1 is 1.48 bits per heavy atom. The van der Waals surface area contributed by atoms with Gasteiger partial charge >= 0.3 is 5.97 Å². The minimum absolute atomic E-state index is 0.0329. The van der Waals surface area contributed by atoms with Gasteiger partial charge in [-0.2, -0.15) is 0 Å². The molecule has 0 saturated carbocycles. The summed E-state index contributed by atoms with van der Waals surface area (Å²) in [6.07, 6.45) is 1.27. The lowest BCUT2D eigenvalue weighted by Crippen LogP contribution is -2.49. The molecule has 0 unspecified atom stereocenters. The Labute approximate surface area is 138 Å². The number of hydrogen-bond acceptors (Lipinski definition) is 4. The van der Waals surface area contributed by atoms with E-state index in [1.807, 2.05) is 6.92 Å². The summed E-state index contributed by atoms with van der Waals surface area (Å²) in [6.45, 7) is 2.26. The topological polar surface area (TPSA) is 86.7 Å². The number of nitrogens with zero attached hydrogens (tertiary/aromatic N) is 1. The molecule has 2 atom stereocenters. The zero-order valence-corrected chi connectivity index (χ0v) is 13.6. The molecule has 2 amide bonds. The van der Waals surface area contributed by atoms with Crippen LogP contribution >= 0.6 is 11.8 Å². The van der Waals surface area contributed by atoms with Crippen LogP contribution in [-0.4, -0.2) is 44.5 Å². The molecule has 2 heterocycles. The number of carbonyl (C=O) groups is 3. The fourth-order valence-corrected chi connectivity index (χ4v) is 4.57. The Balaban J connectivity index is 1.65. The van der Waals surface area contributed by atoms with Gasteiger partial charge in [0, 0.05) is 18.7 Å². The van der Waals surface area contributed by atoms with Crippen molar-refractivity contribution >= 4 is 29.5 Å². The lowest BCUT2D eigenvalue weighted by molar-refractivity contribution is -0.138. The molecular weight excluding hydrogens is 316 g/mol. The molecule has 0 radical (unpaired) electrons. The smallest absolute Gasteiger partial charge is 0.335 e. The van der Waals surface area contributed by atoms with Crippen molar-refractivity contribution in [2.24, 2.45) is 0 Å². The largest absolute Gasteiger partial charge is 0.478 e. The summed E-state index contributed by atoms with van der Waals surface area (Å²) in [7, 11) is 0. The Kier molecular flexibility index (Phi) is 4.06. The van der Waals surface area contributed by atoms with E-state index in [2.05, 4.69) is 5.32 Å². The van der Waals surface area contributed by atoms with Gasteiger partial charge in [0.25, 0.3) is 0 Å². The van der Waals surface area contributed by atoms with Gasteiger partial charge in [-0.1, -0.05) is 12.1 Å². The second kappa shape index (κ2) is 5.88. The predicted molar refractivity (Wildman–Crippen MR) is 86.0 cm³/mol. The molecular formula is C16H18N2O4S. The molecule has 3 rings (SSSR count). The summed E-state index contributed by atoms with van der Waals surface area (Å²) >= 11 is 1.65. The number of thioether (sulfide) groups is 1. The molecule has 0 spiro atoms. The zero-order valence-electron chi connectivity index (χ0n) is 12.7. The first-order valence-electron chi connectivity index (χ1n) is 7.47. The average Bonchev–Trinajstić information content (AvgIpc) is 3.02. The summed E-state index contributed by atoms with van der Waals surface area (Å²) in [5.74, 6) is -0.546. The zero-order chi connectivity index (χ0) is 16.6. The van der Waals surface area contributed by atoms with E-state index in [0.717, 1.165) is 12.0 Å². The number of amides is 2. The van der Waals surface area contributed by atoms with Crippen molar-refractivity contribution in [2.45, 2.75) is 37.2 Å². The van der Waals surface area contributed by atoms with Crippen molar-refractivity contribution < 1.29 is 19.5 Å². The lowest BCUT2D eigenvalue weighted by Gasteiger charge is -2.29. The molecule has 7 heteroatoms. The molecule has 2 saturated heterocycles. The number of carboxylic acid groups (broad SMARTS) is 1. The van der Waals surface area contributed by atoms with Gasteiger partial charge in [-0.05, 0) is 31.0 Å². The van der Waals surface area contributed by atoms with E-state index < -0.39 is 12.0 Å². The van der Waals surface area contributed by atoms with Crippen LogP contribution in [0.15, 0.2) is 24.3 Å². The number of rotatable bonds is 4. The van der Waals surface area contributed by atoms with Gasteiger partial charge in [0.05, 0.1) is 10.4 Å². The summed E-state index contributed by atoms with van der Waals surface area (Å²) < 4.78 is 0. The molecule has 1 aromatic rings. The number of aromatic carboxylic acids is 1. The first-order valence-corrected chi connectivity index (χ1v) is 8.45. The molecule has 2 fully saturated rings. The van der Waals surface area contributed by atoms with Gasteiger partial charge in [-0.25, -0.2) is 4.79 Å². The van der Waals surface area contributed by atoms with Crippen LogP contribution in [0.2, 0.25) is 0 Å². The van der Waals surface area contributed by atoms with Crippen LogP contribution in [0.4, 0.5) is 0 Å². The molecule has 1 aromatic carbocycles. The van der Waals surface area contributed by atoms with E-state index in [1.165, 1.54) is 12.1 Å². The van der Waals surface area contributed by atoms with Crippen LogP contribution in [0.1, 0.15) is 35.7 Å². The van der Waals surface area contributed by atoms with Crippen LogP contribution < -0.4 is 5.32 Å². The van der Waals surface area contributed by atoms with Crippen LogP contribution in [0, 0.1) is 0 Å². The van der Waals surface area contributed by atoms with Gasteiger partial charge in [0.1, 0.15) is 6.04 Å². The second-order valence-electron chi connectivity index (χ2n) is 5.99. The summed E-state index contributed by atoms with van der Waals surface area (Å²) in [4.78, 5) is 36.9. The highest BCUT2D eigenvalue weighted by molar-refractivity contribution is 8.01. The third-order valence-corrected chi connectivity index (χ3v) is 5.89. The monoisotopic (exact) mass is 334 g/mol. The quantitative estimate of drug-likeness (QED) is 0.870. The van der Waals surface area contributed by atoms with Gasteiger partial charge in [0.2, 0.25) is 11.8 Å². The van der Waals surface area contributed by atoms with Gasteiger partial charge in [-0.15, -0.1) is 11.8 Å². The lowest BCUT2D eigenvalue weighted by atomic mass is 10.1. The molecule has 0 bridgehead atoms. The molecule has 0 aliphatic carbocycles. The van der Waals surface area contributed by atoms with Crippen LogP contribution in [0.5, 0.6) is 0 Å². The van der Waals surface area contributed by atoms with E-state index in [-0.39, 0.29) is 28.8 Å². The van der Waals surface area contributed by atoms with Crippen molar-refractivity contribution in [1.29, 1.82) is 0 Å². The number of hydrogen-bond donors (Lipinski definition) is 2. The molecule has 6 nitrogen and oxygen atoms in total. The summed E-state index contributed by atoms with van der Waals surface area (Å²) in [5.41, 5.74) is 0.912. The Bertz CT molecular complexity index is 678. The molecule has 2 aliphatic rings. The molecule has 122 valence electrons. The van der Waals surface area contributed by atoms with E-state index in [0.29, 0.717) is 12.2 Å². The van der Waals surface area contributed by atoms with Crippen molar-refractivity contribution in [1.82, 2.24) is 10.2 Å². The normalized spacial score (nSPS) is 26.2. The van der Waals surface area contributed by atoms with Crippen LogP contribution in [-0.2, 0) is 16.1 Å². The van der Waals surface area contributed by atoms with E-state index in [4.69, 9.17) is 5.11 Å². The second-order valence-corrected chi connectivity index (χ2v) is 7.49. The predicted octanol–water partition coefficient (Wildman–Crippen LogP) is 1.45. The first-order chi connectivity index (χ1) is 10.9. The van der Waals surface area contributed by atoms with E-state index >= 15 is 0 Å². The number of carboxylic acids is 1. The average molecular weight is 334 g/mol. The van der Waals surface area contributed by atoms with Gasteiger partial charge in [0.15, 0.2) is 0 Å². The van der Waals surface area contributed by atoms with Gasteiger partial charge in [-0.3, -0.25) is 9.59 Å². The van der Waals surface area contributed by atoms with Crippen LogP contribution in [0.3, 0.4) is 0 Å². The van der Waals surface area contributed by atoms with E-state index in [1.54, 1.807) is 28.8 Å². The SMILES string of the molecule is C[C@]12CCC(=O)N1[C@H](C(=O)NCc1cccc(C(=O)O)c1)CS2. The maximum absolute atomic E-state index is 12.4. The van der Waals surface area contributed by atoms with Crippen molar-refractivity contribution in [3.63, 3.8) is 0 Å². The van der Waals surface area contributed by atoms with Crippen molar-refractivity contribution in [2.75, 3.05) is 5.75 Å². The Morgan fingerprint density at radius 2 is 2.26 bits per heavy atom.